The van der Waals surface area contributed by atoms with Crippen molar-refractivity contribution in [2.45, 2.75) is 60.0 Å². The van der Waals surface area contributed by atoms with Crippen molar-refractivity contribution < 1.29 is 4.79 Å². The van der Waals surface area contributed by atoms with Gasteiger partial charge in [-0.05, 0) is 19.8 Å². The number of Topliss-reactive ketones (excluding diaryl/α,β-unsaturated/α-hetero) is 1. The molecule has 0 saturated heterocycles. The largest absolute Gasteiger partial charge is 0.294 e. The molecule has 0 atom stereocenters. The Balaban J connectivity index is 2.39. The smallest absolute Gasteiger partial charge is 0.166 e. The Hall–Kier alpha value is -1.91. The Labute approximate surface area is 126 Å². The van der Waals surface area contributed by atoms with Crippen LogP contribution in [0.5, 0.6) is 0 Å². The van der Waals surface area contributed by atoms with Crippen LogP contribution in [0.25, 0.3) is 0 Å². The summed E-state index contributed by atoms with van der Waals surface area (Å²) in [7, 11) is 0. The highest BCUT2D eigenvalue weighted by Crippen LogP contribution is 2.19. The Kier molecular flexibility index (Phi) is 4.94. The first-order valence-corrected chi connectivity index (χ1v) is 7.77. The van der Waals surface area contributed by atoms with E-state index in [1.165, 1.54) is 0 Å². The minimum atomic E-state index is 0.194. The molecule has 21 heavy (non-hydrogen) atoms. The molecule has 0 aliphatic rings. The van der Waals surface area contributed by atoms with Gasteiger partial charge in [-0.15, -0.1) is 0 Å². The highest BCUT2D eigenvalue weighted by atomic mass is 16.1. The number of hydrogen-bond donors (Lipinski definition) is 0. The summed E-state index contributed by atoms with van der Waals surface area (Å²) in [5.41, 5.74) is 3.92. The van der Waals surface area contributed by atoms with Crippen LogP contribution in [0.4, 0.5) is 0 Å². The number of nitrogens with zero attached hydrogens (tertiary/aromatic N) is 4. The molecule has 0 bridgehead atoms. The van der Waals surface area contributed by atoms with Crippen molar-refractivity contribution in [3.63, 3.8) is 0 Å². The van der Waals surface area contributed by atoms with Crippen molar-refractivity contribution in [3.8, 4) is 0 Å². The monoisotopic (exact) mass is 288 g/mol. The fourth-order valence-electron chi connectivity index (χ4n) is 2.62. The Bertz CT molecular complexity index is 624. The lowest BCUT2D eigenvalue weighted by Gasteiger charge is -2.05. The van der Waals surface area contributed by atoms with Gasteiger partial charge >= 0.3 is 0 Å². The van der Waals surface area contributed by atoms with Gasteiger partial charge in [-0.3, -0.25) is 14.2 Å². The zero-order valence-corrected chi connectivity index (χ0v) is 13.4. The van der Waals surface area contributed by atoms with E-state index in [1.807, 2.05) is 35.6 Å². The topological polar surface area (TPSA) is 52.7 Å². The minimum absolute atomic E-state index is 0.194. The minimum Gasteiger partial charge on any atom is -0.294 e. The van der Waals surface area contributed by atoms with E-state index in [4.69, 9.17) is 0 Å². The molecule has 5 nitrogen and oxygen atoms in total. The first kappa shape index (κ1) is 15.5. The summed E-state index contributed by atoms with van der Waals surface area (Å²) in [6.07, 6.45) is 6.04. The lowest BCUT2D eigenvalue weighted by Crippen LogP contribution is -2.08. The van der Waals surface area contributed by atoms with Crippen LogP contribution in [0.15, 0.2) is 12.4 Å². The third-order valence-electron chi connectivity index (χ3n) is 3.74. The summed E-state index contributed by atoms with van der Waals surface area (Å²) in [5, 5.41) is 8.95. The van der Waals surface area contributed by atoms with Crippen molar-refractivity contribution >= 4 is 5.78 Å². The molecule has 0 fully saturated rings. The van der Waals surface area contributed by atoms with Crippen LogP contribution in [-0.2, 0) is 25.9 Å². The van der Waals surface area contributed by atoms with E-state index in [9.17, 15) is 4.79 Å². The third-order valence-corrected chi connectivity index (χ3v) is 3.74. The van der Waals surface area contributed by atoms with E-state index >= 15 is 0 Å². The predicted molar refractivity (Wildman–Crippen MR) is 82.6 cm³/mol. The summed E-state index contributed by atoms with van der Waals surface area (Å²) in [6, 6.07) is 0. The second-order valence-electron chi connectivity index (χ2n) is 5.11. The quantitative estimate of drug-likeness (QED) is 0.736. The van der Waals surface area contributed by atoms with Gasteiger partial charge in [-0.1, -0.05) is 20.8 Å². The number of hydrogen-bond acceptors (Lipinski definition) is 3. The SMILES string of the molecule is CCC(=O)c1c(CC)nn(Cc2cnn(CC)c2)c1CC. The van der Waals surface area contributed by atoms with Gasteiger partial charge in [0.15, 0.2) is 5.78 Å². The van der Waals surface area contributed by atoms with Crippen molar-refractivity contribution in [2.75, 3.05) is 0 Å². The lowest BCUT2D eigenvalue weighted by molar-refractivity contribution is 0.0986. The van der Waals surface area contributed by atoms with Crippen molar-refractivity contribution in [1.29, 1.82) is 0 Å². The van der Waals surface area contributed by atoms with Crippen molar-refractivity contribution in [3.05, 3.63) is 34.9 Å². The van der Waals surface area contributed by atoms with Gasteiger partial charge in [0.1, 0.15) is 0 Å². The van der Waals surface area contributed by atoms with Crippen LogP contribution in [0, 0.1) is 0 Å². The number of ketones is 1. The zero-order valence-electron chi connectivity index (χ0n) is 13.4. The van der Waals surface area contributed by atoms with Gasteiger partial charge in [-0.2, -0.15) is 10.2 Å². The molecule has 2 heterocycles. The molecule has 0 aromatic carbocycles. The van der Waals surface area contributed by atoms with Gasteiger partial charge < -0.3 is 0 Å². The summed E-state index contributed by atoms with van der Waals surface area (Å²) >= 11 is 0. The summed E-state index contributed by atoms with van der Waals surface area (Å²) in [6.45, 7) is 9.63. The molecule has 0 spiro atoms. The predicted octanol–water partition coefficient (Wildman–Crippen LogP) is 2.87. The van der Waals surface area contributed by atoms with E-state index in [2.05, 4.69) is 24.0 Å². The summed E-state index contributed by atoms with van der Waals surface area (Å²) in [4.78, 5) is 12.2. The molecule has 0 amide bonds. The number of carbonyl (C=O) groups is 1. The first-order valence-electron chi connectivity index (χ1n) is 7.77. The third kappa shape index (κ3) is 3.06. The lowest BCUT2D eigenvalue weighted by atomic mass is 10.0. The molecule has 0 N–H and O–H groups in total. The Morgan fingerprint density at radius 3 is 2.48 bits per heavy atom. The maximum Gasteiger partial charge on any atom is 0.166 e. The van der Waals surface area contributed by atoms with Gasteiger partial charge in [0, 0.05) is 30.4 Å². The van der Waals surface area contributed by atoms with E-state index in [0.29, 0.717) is 13.0 Å². The maximum absolute atomic E-state index is 12.2. The molecule has 5 heteroatoms. The fourth-order valence-corrected chi connectivity index (χ4v) is 2.62. The fraction of sp³-hybridized carbons (Fsp3) is 0.562. The Morgan fingerprint density at radius 2 is 1.95 bits per heavy atom. The van der Waals surface area contributed by atoms with E-state index in [0.717, 1.165) is 41.9 Å². The molecule has 0 aliphatic carbocycles. The standard InChI is InChI=1S/C16H24N4O/c1-5-13-16(15(21)7-3)14(6-2)20(18-13)11-12-9-17-19(8-4)10-12/h9-10H,5-8,11H2,1-4H3. The number of carbonyl (C=O) groups excluding carboxylic acids is 1. The van der Waals surface area contributed by atoms with Crippen LogP contribution >= 0.6 is 0 Å². The van der Waals surface area contributed by atoms with Gasteiger partial charge in [0.05, 0.1) is 24.0 Å². The number of aryl methyl sites for hydroxylation is 2. The molecule has 0 aliphatic heterocycles. The molecule has 0 saturated carbocycles. The highest BCUT2D eigenvalue weighted by molar-refractivity contribution is 5.98. The molecule has 114 valence electrons. The average molecular weight is 288 g/mol. The van der Waals surface area contributed by atoms with E-state index in [-0.39, 0.29) is 5.78 Å². The van der Waals surface area contributed by atoms with Gasteiger partial charge in [0.2, 0.25) is 0 Å². The van der Waals surface area contributed by atoms with Crippen LogP contribution in [-0.4, -0.2) is 25.3 Å². The van der Waals surface area contributed by atoms with Crippen LogP contribution in [0.1, 0.15) is 61.4 Å². The number of rotatable bonds is 7. The maximum atomic E-state index is 12.2. The van der Waals surface area contributed by atoms with Crippen LogP contribution in [0.3, 0.4) is 0 Å². The number of aromatic nitrogens is 4. The molecular formula is C16H24N4O. The molecule has 0 unspecified atom stereocenters. The molecule has 2 rings (SSSR count). The molecule has 2 aromatic heterocycles. The molecule has 2 aromatic rings. The Morgan fingerprint density at radius 1 is 1.19 bits per heavy atom. The van der Waals surface area contributed by atoms with Crippen molar-refractivity contribution in [1.82, 2.24) is 19.6 Å². The average Bonchev–Trinajstić information content (AvgIpc) is 3.10. The van der Waals surface area contributed by atoms with Crippen LogP contribution in [0.2, 0.25) is 0 Å². The van der Waals surface area contributed by atoms with Crippen molar-refractivity contribution in [2.24, 2.45) is 0 Å². The normalized spacial score (nSPS) is 11.0. The molecule has 0 radical (unpaired) electrons. The second-order valence-corrected chi connectivity index (χ2v) is 5.11. The first-order chi connectivity index (χ1) is 10.1. The highest BCUT2D eigenvalue weighted by Gasteiger charge is 2.20. The zero-order chi connectivity index (χ0) is 15.4. The summed E-state index contributed by atoms with van der Waals surface area (Å²) < 4.78 is 3.88. The molecular weight excluding hydrogens is 264 g/mol. The second kappa shape index (κ2) is 6.70. The van der Waals surface area contributed by atoms with Gasteiger partial charge in [0.25, 0.3) is 0 Å². The van der Waals surface area contributed by atoms with E-state index < -0.39 is 0 Å². The van der Waals surface area contributed by atoms with Gasteiger partial charge in [-0.25, -0.2) is 0 Å². The summed E-state index contributed by atoms with van der Waals surface area (Å²) in [5.74, 6) is 0.194. The van der Waals surface area contributed by atoms with E-state index in [1.54, 1.807) is 0 Å². The van der Waals surface area contributed by atoms with Crippen LogP contribution < -0.4 is 0 Å².